The Morgan fingerprint density at radius 2 is 1.87 bits per heavy atom. The number of halogens is 3. The molecule has 0 saturated carbocycles. The van der Waals surface area contributed by atoms with E-state index in [0.29, 0.717) is 17.8 Å². The summed E-state index contributed by atoms with van der Waals surface area (Å²) in [6.45, 7) is 5.48. The van der Waals surface area contributed by atoms with Crippen molar-refractivity contribution in [3.63, 3.8) is 0 Å². The summed E-state index contributed by atoms with van der Waals surface area (Å²) in [5, 5.41) is 7.77. The zero-order chi connectivity index (χ0) is 23.0. The summed E-state index contributed by atoms with van der Waals surface area (Å²) in [4.78, 5) is 11.8. The summed E-state index contributed by atoms with van der Waals surface area (Å²) in [6.07, 6.45) is -1.03. The molecule has 0 fully saturated rings. The second-order valence-electron chi connectivity index (χ2n) is 7.29. The van der Waals surface area contributed by atoms with E-state index in [2.05, 4.69) is 30.7 Å². The van der Waals surface area contributed by atoms with Crippen molar-refractivity contribution in [1.82, 2.24) is 24.7 Å². The summed E-state index contributed by atoms with van der Waals surface area (Å²) in [7, 11) is 17.5. The Morgan fingerprint density at radius 1 is 1.16 bits per heavy atom. The van der Waals surface area contributed by atoms with Crippen molar-refractivity contribution < 1.29 is 17.6 Å². The molecule has 0 bridgehead atoms. The summed E-state index contributed by atoms with van der Waals surface area (Å²) in [5.74, 6) is 0.0122. The maximum absolute atomic E-state index is 13.2. The maximum atomic E-state index is 13.2. The Bertz CT molecular complexity index is 1050. The van der Waals surface area contributed by atoms with E-state index in [1.807, 2.05) is 0 Å². The molecular weight excluding hydrogens is 408 g/mol. The van der Waals surface area contributed by atoms with Crippen LogP contribution in [-0.4, -0.2) is 54.8 Å². The van der Waals surface area contributed by atoms with E-state index in [4.69, 9.17) is 28.0 Å². The highest BCUT2D eigenvalue weighted by molar-refractivity contribution is 6.56. The van der Waals surface area contributed by atoms with Gasteiger partial charge in [0, 0.05) is 18.8 Å². The van der Waals surface area contributed by atoms with E-state index in [1.54, 1.807) is 26.8 Å². The second kappa shape index (κ2) is 7.97. The molecule has 0 aromatic carbocycles. The fourth-order valence-corrected chi connectivity index (χ4v) is 2.78. The maximum Gasteiger partial charge on any atom is 0.421 e. The highest BCUT2D eigenvalue weighted by atomic mass is 19.4. The quantitative estimate of drug-likeness (QED) is 0.562. The largest absolute Gasteiger partial charge is 0.448 e. The predicted molar refractivity (Wildman–Crippen MR) is 111 cm³/mol. The first-order valence-electron chi connectivity index (χ1n) is 9.16. The number of aromatic nitrogens is 5. The Morgan fingerprint density at radius 3 is 2.42 bits per heavy atom. The van der Waals surface area contributed by atoms with Gasteiger partial charge < -0.3 is 15.1 Å². The Labute approximate surface area is 180 Å². The molecule has 0 unspecified atom stereocenters. The van der Waals surface area contributed by atoms with E-state index in [0.717, 1.165) is 4.68 Å². The van der Waals surface area contributed by atoms with Crippen LogP contribution in [0.2, 0.25) is 0 Å². The van der Waals surface area contributed by atoms with Crippen LogP contribution in [0.4, 0.5) is 30.8 Å². The molecule has 14 heteroatoms. The lowest BCUT2D eigenvalue weighted by Crippen LogP contribution is -2.37. The molecular formula is C17H17B3F3N7O. The lowest BCUT2D eigenvalue weighted by molar-refractivity contribution is -0.137. The first-order valence-corrected chi connectivity index (χ1v) is 9.16. The van der Waals surface area contributed by atoms with Gasteiger partial charge in [-0.3, -0.25) is 4.68 Å². The normalized spacial score (nSPS) is 12.7. The monoisotopic (exact) mass is 425 g/mol. The molecule has 0 aliphatic heterocycles. The van der Waals surface area contributed by atoms with Crippen molar-refractivity contribution in [3.05, 3.63) is 41.9 Å². The number of anilines is 3. The van der Waals surface area contributed by atoms with Gasteiger partial charge in [0.1, 0.15) is 23.5 Å². The summed E-state index contributed by atoms with van der Waals surface area (Å²) in [5.41, 5.74) is -1.36. The van der Waals surface area contributed by atoms with Gasteiger partial charge in [0.05, 0.1) is 40.8 Å². The summed E-state index contributed by atoms with van der Waals surface area (Å²) < 4.78 is 46.1. The minimum Gasteiger partial charge on any atom is -0.448 e. The molecule has 31 heavy (non-hydrogen) atoms. The average molecular weight is 425 g/mol. The third-order valence-electron chi connectivity index (χ3n) is 4.36. The molecule has 156 valence electrons. The summed E-state index contributed by atoms with van der Waals surface area (Å²) >= 11 is 0. The second-order valence-corrected chi connectivity index (χ2v) is 7.29. The first-order chi connectivity index (χ1) is 14.3. The van der Waals surface area contributed by atoms with Gasteiger partial charge >= 0.3 is 6.18 Å². The molecule has 2 N–H and O–H groups in total. The molecule has 0 atom stereocenters. The lowest BCUT2D eigenvalue weighted by Gasteiger charge is -2.24. The van der Waals surface area contributed by atoms with Crippen LogP contribution in [-0.2, 0) is 16.8 Å². The summed E-state index contributed by atoms with van der Waals surface area (Å²) in [6, 6.07) is 1.56. The van der Waals surface area contributed by atoms with Crippen molar-refractivity contribution in [2.24, 2.45) is 0 Å². The zero-order valence-corrected chi connectivity index (χ0v) is 17.0. The fourth-order valence-electron chi connectivity index (χ4n) is 2.78. The number of alkyl halides is 3. The number of nitrogens with one attached hydrogen (secondary N) is 2. The van der Waals surface area contributed by atoms with Crippen molar-refractivity contribution in [2.75, 3.05) is 17.2 Å². The number of nitrogens with zero attached hydrogens (tertiary/aromatic N) is 5. The van der Waals surface area contributed by atoms with Crippen molar-refractivity contribution in [1.29, 1.82) is 0 Å². The molecule has 3 heterocycles. The van der Waals surface area contributed by atoms with Gasteiger partial charge in [-0.25, -0.2) is 9.97 Å². The Balaban J connectivity index is 2.03. The first kappa shape index (κ1) is 22.8. The van der Waals surface area contributed by atoms with Crippen LogP contribution in [0, 0.1) is 0 Å². The molecule has 0 spiro atoms. The number of rotatable bonds is 7. The van der Waals surface area contributed by atoms with E-state index in [1.165, 1.54) is 12.5 Å². The third kappa shape index (κ3) is 4.72. The molecule has 0 aliphatic carbocycles. The van der Waals surface area contributed by atoms with Crippen LogP contribution in [0.15, 0.2) is 29.1 Å². The topological polar surface area (TPSA) is 93.7 Å². The van der Waals surface area contributed by atoms with Gasteiger partial charge in [0.15, 0.2) is 0 Å². The lowest BCUT2D eigenvalue weighted by atomic mass is 9.49. The van der Waals surface area contributed by atoms with Crippen LogP contribution in [0.5, 0.6) is 0 Å². The predicted octanol–water partition coefficient (Wildman–Crippen LogP) is 2.25. The molecule has 0 saturated heterocycles. The number of hydrogen-bond acceptors (Lipinski definition) is 7. The molecule has 8 nitrogen and oxygen atoms in total. The van der Waals surface area contributed by atoms with Crippen molar-refractivity contribution >= 4 is 41.1 Å². The Kier molecular flexibility index (Phi) is 5.85. The van der Waals surface area contributed by atoms with E-state index in [-0.39, 0.29) is 24.1 Å². The van der Waals surface area contributed by atoms with Gasteiger partial charge in [-0.2, -0.15) is 23.3 Å². The van der Waals surface area contributed by atoms with Gasteiger partial charge in [-0.15, -0.1) is 0 Å². The van der Waals surface area contributed by atoms with Crippen LogP contribution in [0.25, 0.3) is 0 Å². The minimum atomic E-state index is -4.62. The van der Waals surface area contributed by atoms with Gasteiger partial charge in [-0.1, -0.05) is 0 Å². The van der Waals surface area contributed by atoms with Crippen LogP contribution >= 0.6 is 0 Å². The molecule has 0 aliphatic rings. The van der Waals surface area contributed by atoms with Gasteiger partial charge in [-0.05, 0) is 26.0 Å². The van der Waals surface area contributed by atoms with E-state index < -0.39 is 22.4 Å². The highest BCUT2D eigenvalue weighted by Gasteiger charge is 2.36. The smallest absolute Gasteiger partial charge is 0.421 e. The number of oxazole rings is 1. The van der Waals surface area contributed by atoms with Crippen molar-refractivity contribution in [3.8, 4) is 0 Å². The van der Waals surface area contributed by atoms with E-state index in [9.17, 15) is 13.2 Å². The standard InChI is InChI=1S/C17H17B3F3N7O/c1-4-24-12-9(16(21,22)23)8-26-14(28-12)27-11-7-10(29-30(11)17(18,19)20)15(2,3)13-25-5-6-31-13/h5-8H,4H2,1-3H3,(H2,24,26,27,28). The number of hydrogen-bond donors (Lipinski definition) is 2. The zero-order valence-electron chi connectivity index (χ0n) is 17.0. The molecule has 0 amide bonds. The minimum absolute atomic E-state index is 0.144. The Hall–Kier alpha value is -2.92. The molecule has 6 radical (unpaired) electrons. The van der Waals surface area contributed by atoms with Gasteiger partial charge in [0.2, 0.25) is 11.8 Å². The SMILES string of the molecule is [B]C([B])([B])n1nc(C(C)(C)c2ncco2)cc1Nc1ncc(C(F)(F)F)c(NCC)n1. The van der Waals surface area contributed by atoms with Crippen LogP contribution in [0.3, 0.4) is 0 Å². The van der Waals surface area contributed by atoms with Crippen LogP contribution in [0.1, 0.15) is 37.9 Å². The fraction of sp³-hybridized carbons (Fsp3) is 0.412. The molecule has 3 aromatic heterocycles. The average Bonchev–Trinajstić information content (AvgIpc) is 3.31. The highest BCUT2D eigenvalue weighted by Crippen LogP contribution is 2.35. The molecule has 3 aromatic rings. The molecule has 3 rings (SSSR count). The van der Waals surface area contributed by atoms with Gasteiger partial charge in [0.25, 0.3) is 0 Å². The van der Waals surface area contributed by atoms with E-state index >= 15 is 0 Å². The third-order valence-corrected chi connectivity index (χ3v) is 4.36. The van der Waals surface area contributed by atoms with Crippen molar-refractivity contribution in [2.45, 2.75) is 37.6 Å². The van der Waals surface area contributed by atoms with Crippen LogP contribution < -0.4 is 10.6 Å².